The van der Waals surface area contributed by atoms with Gasteiger partial charge in [-0.2, -0.15) is 0 Å². The third-order valence-electron chi connectivity index (χ3n) is 4.07. The van der Waals surface area contributed by atoms with E-state index >= 15 is 0 Å². The van der Waals surface area contributed by atoms with Crippen molar-refractivity contribution in [2.24, 2.45) is 0 Å². The van der Waals surface area contributed by atoms with Gasteiger partial charge in [-0.15, -0.1) is 11.3 Å². The van der Waals surface area contributed by atoms with Crippen molar-refractivity contribution in [3.8, 4) is 11.3 Å². The van der Waals surface area contributed by atoms with Gasteiger partial charge in [-0.25, -0.2) is 4.98 Å². The highest BCUT2D eigenvalue weighted by Crippen LogP contribution is 2.37. The second kappa shape index (κ2) is 5.39. The van der Waals surface area contributed by atoms with E-state index in [4.69, 9.17) is 4.98 Å². The minimum atomic E-state index is 0.545. The summed E-state index contributed by atoms with van der Waals surface area (Å²) in [5.41, 5.74) is 5.23. The Morgan fingerprint density at radius 2 is 1.62 bits per heavy atom. The van der Waals surface area contributed by atoms with Crippen molar-refractivity contribution in [1.29, 1.82) is 0 Å². The van der Waals surface area contributed by atoms with E-state index in [1.807, 2.05) is 6.07 Å². The standard InChI is InChI=1S/C18H14BrNS/c19-16-8-4-3-7-15(16)17-11-21-18(20-17)14-9-12-5-1-2-6-13(12)10-14/h1-8,11,14H,9-10H2. The molecule has 1 aromatic heterocycles. The van der Waals surface area contributed by atoms with Crippen molar-refractivity contribution in [2.45, 2.75) is 18.8 Å². The molecule has 0 radical (unpaired) electrons. The Kier molecular flexibility index (Phi) is 3.40. The van der Waals surface area contributed by atoms with Gasteiger partial charge in [-0.1, -0.05) is 58.4 Å². The van der Waals surface area contributed by atoms with E-state index in [2.05, 4.69) is 63.8 Å². The maximum atomic E-state index is 4.89. The molecule has 104 valence electrons. The Morgan fingerprint density at radius 3 is 2.33 bits per heavy atom. The summed E-state index contributed by atoms with van der Waals surface area (Å²) >= 11 is 5.40. The van der Waals surface area contributed by atoms with Gasteiger partial charge in [-0.3, -0.25) is 0 Å². The maximum Gasteiger partial charge on any atom is 0.0970 e. The molecule has 0 fully saturated rings. The lowest BCUT2D eigenvalue weighted by atomic mass is 10.1. The summed E-state index contributed by atoms with van der Waals surface area (Å²) in [6.07, 6.45) is 2.25. The van der Waals surface area contributed by atoms with Gasteiger partial charge in [0.2, 0.25) is 0 Å². The number of rotatable bonds is 2. The SMILES string of the molecule is Brc1ccccc1-c1csc(C2Cc3ccccc3C2)n1. The summed E-state index contributed by atoms with van der Waals surface area (Å²) in [5.74, 6) is 0.545. The molecule has 0 saturated heterocycles. The molecule has 0 bridgehead atoms. The predicted molar refractivity (Wildman–Crippen MR) is 91.8 cm³/mol. The highest BCUT2D eigenvalue weighted by molar-refractivity contribution is 9.10. The van der Waals surface area contributed by atoms with Gasteiger partial charge < -0.3 is 0 Å². The van der Waals surface area contributed by atoms with Crippen molar-refractivity contribution in [3.05, 3.63) is 74.5 Å². The molecule has 0 saturated carbocycles. The van der Waals surface area contributed by atoms with E-state index in [-0.39, 0.29) is 0 Å². The number of halogens is 1. The van der Waals surface area contributed by atoms with E-state index in [9.17, 15) is 0 Å². The number of aromatic nitrogens is 1. The van der Waals surface area contributed by atoms with Crippen molar-refractivity contribution >= 4 is 27.3 Å². The molecule has 0 spiro atoms. The first-order chi connectivity index (χ1) is 10.3. The van der Waals surface area contributed by atoms with Crippen LogP contribution in [0.2, 0.25) is 0 Å². The van der Waals surface area contributed by atoms with Crippen LogP contribution in [0, 0.1) is 0 Å². The second-order valence-corrected chi connectivity index (χ2v) is 7.17. The molecular weight excluding hydrogens is 342 g/mol. The third kappa shape index (κ3) is 2.45. The quantitative estimate of drug-likeness (QED) is 0.595. The molecule has 2 aromatic carbocycles. The predicted octanol–water partition coefficient (Wildman–Crippen LogP) is 5.46. The molecule has 3 heteroatoms. The number of fused-ring (bicyclic) bond motifs is 1. The van der Waals surface area contributed by atoms with Crippen molar-refractivity contribution in [1.82, 2.24) is 4.98 Å². The summed E-state index contributed by atoms with van der Waals surface area (Å²) in [4.78, 5) is 4.89. The lowest BCUT2D eigenvalue weighted by molar-refractivity contribution is 0.735. The van der Waals surface area contributed by atoms with Gasteiger partial charge in [0, 0.05) is 21.3 Å². The lowest BCUT2D eigenvalue weighted by Crippen LogP contribution is -1.97. The van der Waals surface area contributed by atoms with Gasteiger partial charge in [0.05, 0.1) is 10.7 Å². The fourth-order valence-electron chi connectivity index (χ4n) is 3.00. The molecule has 1 aliphatic rings. The molecule has 1 aliphatic carbocycles. The monoisotopic (exact) mass is 355 g/mol. The highest BCUT2D eigenvalue weighted by Gasteiger charge is 2.25. The average molecular weight is 356 g/mol. The topological polar surface area (TPSA) is 12.9 Å². The molecule has 0 N–H and O–H groups in total. The van der Waals surface area contributed by atoms with Gasteiger partial charge in [-0.05, 0) is 30.0 Å². The van der Waals surface area contributed by atoms with Gasteiger partial charge >= 0.3 is 0 Å². The van der Waals surface area contributed by atoms with Crippen LogP contribution in [0.4, 0.5) is 0 Å². The summed E-state index contributed by atoms with van der Waals surface area (Å²) in [7, 11) is 0. The zero-order valence-corrected chi connectivity index (χ0v) is 13.8. The second-order valence-electron chi connectivity index (χ2n) is 5.42. The van der Waals surface area contributed by atoms with Crippen LogP contribution in [0.15, 0.2) is 58.4 Å². The van der Waals surface area contributed by atoms with E-state index in [0.717, 1.165) is 23.0 Å². The van der Waals surface area contributed by atoms with Gasteiger partial charge in [0.1, 0.15) is 0 Å². The Balaban J connectivity index is 1.63. The molecule has 0 atom stereocenters. The fourth-order valence-corrected chi connectivity index (χ4v) is 4.41. The van der Waals surface area contributed by atoms with E-state index in [1.54, 1.807) is 11.3 Å². The van der Waals surface area contributed by atoms with Crippen LogP contribution >= 0.6 is 27.3 Å². The normalized spacial score (nSPS) is 14.3. The zero-order chi connectivity index (χ0) is 14.2. The minimum absolute atomic E-state index is 0.545. The number of thiazole rings is 1. The van der Waals surface area contributed by atoms with Crippen LogP contribution in [-0.4, -0.2) is 4.98 Å². The van der Waals surface area contributed by atoms with Crippen LogP contribution in [0.3, 0.4) is 0 Å². The van der Waals surface area contributed by atoms with Crippen LogP contribution in [0.5, 0.6) is 0 Å². The summed E-state index contributed by atoms with van der Waals surface area (Å²) in [6.45, 7) is 0. The van der Waals surface area contributed by atoms with Gasteiger partial charge in [0.25, 0.3) is 0 Å². The number of hydrogen-bond acceptors (Lipinski definition) is 2. The van der Waals surface area contributed by atoms with Crippen molar-refractivity contribution in [3.63, 3.8) is 0 Å². The molecule has 1 heterocycles. The molecule has 4 rings (SSSR count). The van der Waals surface area contributed by atoms with Crippen LogP contribution < -0.4 is 0 Å². The van der Waals surface area contributed by atoms with E-state index in [1.165, 1.54) is 21.7 Å². The minimum Gasteiger partial charge on any atom is -0.241 e. The maximum absolute atomic E-state index is 4.89. The molecule has 3 aromatic rings. The number of benzene rings is 2. The summed E-state index contributed by atoms with van der Waals surface area (Å²) in [5, 5.41) is 3.44. The molecule has 0 amide bonds. The fraction of sp³-hybridized carbons (Fsp3) is 0.167. The molecule has 0 unspecified atom stereocenters. The Bertz CT molecular complexity index is 768. The highest BCUT2D eigenvalue weighted by atomic mass is 79.9. The zero-order valence-electron chi connectivity index (χ0n) is 11.4. The van der Waals surface area contributed by atoms with E-state index in [0.29, 0.717) is 5.92 Å². The molecule has 1 nitrogen and oxygen atoms in total. The average Bonchev–Trinajstić information content (AvgIpc) is 3.14. The Labute approximate surface area is 136 Å². The third-order valence-corrected chi connectivity index (χ3v) is 5.77. The first-order valence-corrected chi connectivity index (χ1v) is 8.75. The van der Waals surface area contributed by atoms with Crippen LogP contribution in [0.1, 0.15) is 22.1 Å². The Hall–Kier alpha value is -1.45. The van der Waals surface area contributed by atoms with Crippen molar-refractivity contribution in [2.75, 3.05) is 0 Å². The summed E-state index contributed by atoms with van der Waals surface area (Å²) in [6, 6.07) is 17.0. The number of hydrogen-bond donors (Lipinski definition) is 0. The number of nitrogens with zero attached hydrogens (tertiary/aromatic N) is 1. The first-order valence-electron chi connectivity index (χ1n) is 7.08. The molecular formula is C18H14BrNS. The van der Waals surface area contributed by atoms with Gasteiger partial charge in [0.15, 0.2) is 0 Å². The van der Waals surface area contributed by atoms with Crippen molar-refractivity contribution < 1.29 is 0 Å². The Morgan fingerprint density at radius 1 is 0.952 bits per heavy atom. The van der Waals surface area contributed by atoms with E-state index < -0.39 is 0 Å². The lowest BCUT2D eigenvalue weighted by Gasteiger charge is -2.04. The van der Waals surface area contributed by atoms with Crippen LogP contribution in [0.25, 0.3) is 11.3 Å². The molecule has 0 aliphatic heterocycles. The largest absolute Gasteiger partial charge is 0.241 e. The smallest absolute Gasteiger partial charge is 0.0970 e. The van der Waals surface area contributed by atoms with Crippen LogP contribution in [-0.2, 0) is 12.8 Å². The first kappa shape index (κ1) is 13.2. The summed E-state index contributed by atoms with van der Waals surface area (Å²) < 4.78 is 1.11. The molecule has 21 heavy (non-hydrogen) atoms.